The highest BCUT2D eigenvalue weighted by Crippen LogP contribution is 2.47. The summed E-state index contributed by atoms with van der Waals surface area (Å²) in [5.41, 5.74) is 12.2. The number of rotatable bonds is 2. The van der Waals surface area contributed by atoms with Gasteiger partial charge in [-0.2, -0.15) is 0 Å². The van der Waals surface area contributed by atoms with Crippen LogP contribution in [0.4, 0.5) is 5.82 Å². The second-order valence-corrected chi connectivity index (χ2v) is 8.22. The fourth-order valence-electron chi connectivity index (χ4n) is 5.19. The lowest BCUT2D eigenvalue weighted by atomic mass is 9.73. The molecule has 5 rings (SSSR count). The molecule has 138 valence electrons. The van der Waals surface area contributed by atoms with E-state index in [1.807, 2.05) is 6.07 Å². The van der Waals surface area contributed by atoms with Crippen LogP contribution >= 0.6 is 0 Å². The highest BCUT2D eigenvalue weighted by Gasteiger charge is 2.40. The predicted octanol–water partition coefficient (Wildman–Crippen LogP) is 4.78. The fourth-order valence-corrected chi connectivity index (χ4v) is 5.19. The van der Waals surface area contributed by atoms with E-state index in [4.69, 9.17) is 5.73 Å². The van der Waals surface area contributed by atoms with Gasteiger partial charge in [-0.25, -0.2) is 4.98 Å². The molecule has 3 aromatic rings. The lowest BCUT2D eigenvalue weighted by molar-refractivity contribution is 0.165. The summed E-state index contributed by atoms with van der Waals surface area (Å²) >= 11 is 0. The Bertz CT molecular complexity index is 1000. The number of aromatic nitrogens is 1. The van der Waals surface area contributed by atoms with Crippen molar-refractivity contribution in [2.75, 3.05) is 25.4 Å². The number of hydrogen-bond donors (Lipinski definition) is 1. The van der Waals surface area contributed by atoms with Gasteiger partial charge in [0.05, 0.1) is 0 Å². The van der Waals surface area contributed by atoms with Gasteiger partial charge in [-0.3, -0.25) is 0 Å². The summed E-state index contributed by atoms with van der Waals surface area (Å²) in [7, 11) is 0. The van der Waals surface area contributed by atoms with Gasteiger partial charge >= 0.3 is 0 Å². The molecule has 2 aromatic carbocycles. The van der Waals surface area contributed by atoms with Crippen LogP contribution in [0.15, 0.2) is 48.7 Å². The van der Waals surface area contributed by atoms with E-state index >= 15 is 0 Å². The van der Waals surface area contributed by atoms with E-state index in [2.05, 4.69) is 53.2 Å². The van der Waals surface area contributed by atoms with Gasteiger partial charge in [-0.05, 0) is 90.5 Å². The minimum absolute atomic E-state index is 0.428. The van der Waals surface area contributed by atoms with Crippen LogP contribution < -0.4 is 5.73 Å². The molecular formula is C24H27N3. The Morgan fingerprint density at radius 1 is 1.00 bits per heavy atom. The van der Waals surface area contributed by atoms with Crippen molar-refractivity contribution in [3.05, 3.63) is 59.8 Å². The van der Waals surface area contributed by atoms with E-state index in [1.54, 1.807) is 17.3 Å². The van der Waals surface area contributed by atoms with Gasteiger partial charge in [0.15, 0.2) is 0 Å². The quantitative estimate of drug-likeness (QED) is 0.717. The standard InChI is InChI=1S/C24H27N3/c1-2-27-13-10-24(11-14-27)9-7-20-15-18(5-6-22(20)24)19-4-3-17-8-12-26-23(25)21(17)16-19/h3-6,8,12,15-16H,2,7,9-11,13-14H2,1H3,(H2,25,26). The van der Waals surface area contributed by atoms with Gasteiger partial charge in [0.1, 0.15) is 5.82 Å². The molecule has 2 heterocycles. The Labute approximate surface area is 161 Å². The number of pyridine rings is 1. The van der Waals surface area contributed by atoms with Crippen LogP contribution in [0, 0.1) is 0 Å². The first-order valence-electron chi connectivity index (χ1n) is 10.2. The van der Waals surface area contributed by atoms with Crippen LogP contribution in [0.25, 0.3) is 21.9 Å². The maximum atomic E-state index is 6.09. The van der Waals surface area contributed by atoms with Gasteiger partial charge in [0, 0.05) is 11.6 Å². The molecule has 0 radical (unpaired) electrons. The molecule has 3 heteroatoms. The SMILES string of the molecule is CCN1CCC2(CCc3cc(-c4ccc5ccnc(N)c5c4)ccc32)CC1. The predicted molar refractivity (Wildman–Crippen MR) is 113 cm³/mol. The first-order valence-corrected chi connectivity index (χ1v) is 10.2. The van der Waals surface area contributed by atoms with Crippen LogP contribution in [-0.2, 0) is 11.8 Å². The molecule has 0 bridgehead atoms. The van der Waals surface area contributed by atoms with Gasteiger partial charge in [-0.15, -0.1) is 0 Å². The van der Waals surface area contributed by atoms with E-state index in [-0.39, 0.29) is 0 Å². The molecule has 1 aliphatic carbocycles. The third-order valence-corrected chi connectivity index (χ3v) is 6.94. The Morgan fingerprint density at radius 2 is 1.78 bits per heavy atom. The molecule has 1 aromatic heterocycles. The molecule has 3 nitrogen and oxygen atoms in total. The van der Waals surface area contributed by atoms with Crippen molar-refractivity contribution in [1.82, 2.24) is 9.88 Å². The number of aryl methyl sites for hydroxylation is 1. The first-order chi connectivity index (χ1) is 13.2. The molecule has 27 heavy (non-hydrogen) atoms. The van der Waals surface area contributed by atoms with Crippen molar-refractivity contribution in [2.45, 2.75) is 38.0 Å². The maximum absolute atomic E-state index is 6.09. The molecule has 0 atom stereocenters. The molecule has 1 aliphatic heterocycles. The zero-order chi connectivity index (χ0) is 18.4. The molecule has 0 saturated carbocycles. The number of nitrogen functional groups attached to an aromatic ring is 1. The Kier molecular flexibility index (Phi) is 3.94. The van der Waals surface area contributed by atoms with Crippen LogP contribution in [0.5, 0.6) is 0 Å². The van der Waals surface area contributed by atoms with E-state index in [0.29, 0.717) is 11.2 Å². The largest absolute Gasteiger partial charge is 0.383 e. The molecule has 1 fully saturated rings. The fraction of sp³-hybridized carbons (Fsp3) is 0.375. The number of benzene rings is 2. The van der Waals surface area contributed by atoms with Crippen LogP contribution in [0.2, 0.25) is 0 Å². The number of hydrogen-bond acceptors (Lipinski definition) is 3. The summed E-state index contributed by atoms with van der Waals surface area (Å²) < 4.78 is 0. The molecule has 0 amide bonds. The van der Waals surface area contributed by atoms with Crippen LogP contribution in [0.3, 0.4) is 0 Å². The zero-order valence-corrected chi connectivity index (χ0v) is 16.0. The Morgan fingerprint density at radius 3 is 2.59 bits per heavy atom. The summed E-state index contributed by atoms with van der Waals surface area (Å²) in [4.78, 5) is 6.83. The number of nitrogens with two attached hydrogens (primary N) is 1. The first kappa shape index (κ1) is 16.8. The Hall–Kier alpha value is -2.39. The number of nitrogens with zero attached hydrogens (tertiary/aromatic N) is 2. The summed E-state index contributed by atoms with van der Waals surface area (Å²) in [5.74, 6) is 0.608. The van der Waals surface area contributed by atoms with Crippen LogP contribution in [0.1, 0.15) is 37.3 Å². The van der Waals surface area contributed by atoms with Gasteiger partial charge < -0.3 is 10.6 Å². The number of likely N-dealkylation sites (tertiary alicyclic amines) is 1. The molecule has 0 unspecified atom stereocenters. The van der Waals surface area contributed by atoms with Crippen molar-refractivity contribution in [3.63, 3.8) is 0 Å². The third kappa shape index (κ3) is 2.72. The van der Waals surface area contributed by atoms with Crippen LogP contribution in [-0.4, -0.2) is 29.5 Å². The Balaban J connectivity index is 1.50. The third-order valence-electron chi connectivity index (χ3n) is 6.94. The van der Waals surface area contributed by atoms with Crippen molar-refractivity contribution in [2.24, 2.45) is 0 Å². The molecule has 2 N–H and O–H groups in total. The smallest absolute Gasteiger partial charge is 0.131 e. The van der Waals surface area contributed by atoms with E-state index in [1.165, 1.54) is 56.4 Å². The molecular weight excluding hydrogens is 330 g/mol. The second-order valence-electron chi connectivity index (χ2n) is 8.22. The number of fused-ring (bicyclic) bond motifs is 3. The average Bonchev–Trinajstić information content (AvgIpc) is 3.06. The second kappa shape index (κ2) is 6.35. The summed E-state index contributed by atoms with van der Waals surface area (Å²) in [6.07, 6.45) is 6.93. The molecule has 1 spiro atoms. The number of anilines is 1. The number of piperidine rings is 1. The summed E-state index contributed by atoms with van der Waals surface area (Å²) in [5, 5.41) is 2.19. The van der Waals surface area contributed by atoms with Gasteiger partial charge in [0.25, 0.3) is 0 Å². The monoisotopic (exact) mass is 357 g/mol. The lowest BCUT2D eigenvalue weighted by Gasteiger charge is -2.40. The molecule has 1 saturated heterocycles. The summed E-state index contributed by atoms with van der Waals surface area (Å²) in [6.45, 7) is 5.95. The van der Waals surface area contributed by atoms with E-state index in [9.17, 15) is 0 Å². The zero-order valence-electron chi connectivity index (χ0n) is 16.0. The van der Waals surface area contributed by atoms with Gasteiger partial charge in [-0.1, -0.05) is 37.3 Å². The highest BCUT2D eigenvalue weighted by atomic mass is 15.1. The van der Waals surface area contributed by atoms with Gasteiger partial charge in [0.2, 0.25) is 0 Å². The van der Waals surface area contributed by atoms with Crippen molar-refractivity contribution < 1.29 is 0 Å². The van der Waals surface area contributed by atoms with E-state index < -0.39 is 0 Å². The van der Waals surface area contributed by atoms with Crippen molar-refractivity contribution in [3.8, 4) is 11.1 Å². The average molecular weight is 358 g/mol. The van der Waals surface area contributed by atoms with E-state index in [0.717, 1.165) is 10.8 Å². The molecule has 2 aliphatic rings. The maximum Gasteiger partial charge on any atom is 0.131 e. The van der Waals surface area contributed by atoms with Crippen molar-refractivity contribution >= 4 is 16.6 Å². The highest BCUT2D eigenvalue weighted by molar-refractivity contribution is 5.94. The summed E-state index contributed by atoms with van der Waals surface area (Å²) in [6, 6.07) is 15.7. The topological polar surface area (TPSA) is 42.2 Å². The normalized spacial score (nSPS) is 18.9. The minimum atomic E-state index is 0.428. The lowest BCUT2D eigenvalue weighted by Crippen LogP contribution is -2.41. The van der Waals surface area contributed by atoms with Crippen molar-refractivity contribution in [1.29, 1.82) is 0 Å². The minimum Gasteiger partial charge on any atom is -0.383 e.